The maximum absolute atomic E-state index is 14.9. The van der Waals surface area contributed by atoms with Gasteiger partial charge in [0.2, 0.25) is 6.17 Å². The predicted octanol–water partition coefficient (Wildman–Crippen LogP) is 3.11. The van der Waals surface area contributed by atoms with Gasteiger partial charge in [-0.3, -0.25) is 13.9 Å². The first-order valence-corrected chi connectivity index (χ1v) is 14.2. The van der Waals surface area contributed by atoms with E-state index in [0.717, 1.165) is 86.5 Å². The molecule has 0 radical (unpaired) electrons. The summed E-state index contributed by atoms with van der Waals surface area (Å²) >= 11 is 0. The molecule has 218 valence electrons. The standard InChI is InChI=1S/C31H38FN5O4/c1-33-27(21-28(38)34(2)31(33)40)36-16-6-14-35(18-19-36)15-7-17-37-25-9-5-4-8-22(25)10-11-23-12-13-24(20-26(23)37)29(32)30(39)41-3/h4-5,8-9,12-13,20-21,29H,6-7,10-11,14-19H2,1-3H3. The number of esters is 1. The predicted molar refractivity (Wildman–Crippen MR) is 158 cm³/mol. The summed E-state index contributed by atoms with van der Waals surface area (Å²) < 4.78 is 22.2. The lowest BCUT2D eigenvalue weighted by Crippen LogP contribution is -2.41. The number of carbonyl (C=O) groups is 1. The third-order valence-corrected chi connectivity index (χ3v) is 8.32. The number of nitrogens with zero attached hydrogens (tertiary/aromatic N) is 5. The Morgan fingerprint density at radius 2 is 1.66 bits per heavy atom. The van der Waals surface area contributed by atoms with Gasteiger partial charge in [0.05, 0.1) is 7.11 Å². The van der Waals surface area contributed by atoms with Crippen LogP contribution in [0.4, 0.5) is 21.6 Å². The first kappa shape index (κ1) is 28.6. The third kappa shape index (κ3) is 5.93. The Labute approximate surface area is 239 Å². The van der Waals surface area contributed by atoms with Crippen molar-refractivity contribution in [1.82, 2.24) is 14.0 Å². The highest BCUT2D eigenvalue weighted by atomic mass is 19.1. The number of methoxy groups -OCH3 is 1. The van der Waals surface area contributed by atoms with Crippen LogP contribution in [0.3, 0.4) is 0 Å². The smallest absolute Gasteiger partial charge is 0.345 e. The minimum absolute atomic E-state index is 0.295. The first-order chi connectivity index (χ1) is 19.8. The molecule has 10 heteroatoms. The van der Waals surface area contributed by atoms with Gasteiger partial charge in [-0.25, -0.2) is 14.0 Å². The van der Waals surface area contributed by atoms with E-state index in [0.29, 0.717) is 11.4 Å². The van der Waals surface area contributed by atoms with Gasteiger partial charge in [0.25, 0.3) is 5.56 Å². The van der Waals surface area contributed by atoms with Crippen molar-refractivity contribution in [3.63, 3.8) is 0 Å². The van der Waals surface area contributed by atoms with E-state index in [-0.39, 0.29) is 11.2 Å². The zero-order chi connectivity index (χ0) is 29.1. The van der Waals surface area contributed by atoms with Gasteiger partial charge < -0.3 is 19.4 Å². The third-order valence-electron chi connectivity index (χ3n) is 8.32. The Hall–Kier alpha value is -3.92. The summed E-state index contributed by atoms with van der Waals surface area (Å²) in [5.74, 6) is -0.233. The van der Waals surface area contributed by atoms with Crippen LogP contribution in [0.1, 0.15) is 35.7 Å². The molecule has 1 aromatic heterocycles. The second-order valence-corrected chi connectivity index (χ2v) is 10.8. The Morgan fingerprint density at radius 1 is 0.902 bits per heavy atom. The van der Waals surface area contributed by atoms with E-state index >= 15 is 0 Å². The maximum Gasteiger partial charge on any atom is 0.345 e. The van der Waals surface area contributed by atoms with Crippen LogP contribution in [0, 0.1) is 0 Å². The first-order valence-electron chi connectivity index (χ1n) is 14.2. The van der Waals surface area contributed by atoms with Crippen LogP contribution in [0.2, 0.25) is 0 Å². The highest BCUT2D eigenvalue weighted by Crippen LogP contribution is 2.38. The number of fused-ring (bicyclic) bond motifs is 2. The van der Waals surface area contributed by atoms with Crippen LogP contribution in [0.5, 0.6) is 0 Å². The molecule has 1 fully saturated rings. The fourth-order valence-corrected chi connectivity index (χ4v) is 5.97. The lowest BCUT2D eigenvalue weighted by Gasteiger charge is -2.29. The van der Waals surface area contributed by atoms with Crippen molar-refractivity contribution < 1.29 is 13.9 Å². The molecule has 0 N–H and O–H groups in total. The summed E-state index contributed by atoms with van der Waals surface area (Å²) in [5, 5.41) is 0. The summed E-state index contributed by atoms with van der Waals surface area (Å²) in [7, 11) is 4.40. The molecular formula is C31H38FN5O4. The van der Waals surface area contributed by atoms with E-state index in [1.165, 1.54) is 19.7 Å². The average molecular weight is 564 g/mol. The number of para-hydroxylation sites is 1. The number of halogens is 1. The van der Waals surface area contributed by atoms with Crippen molar-refractivity contribution in [3.8, 4) is 0 Å². The number of hydrogen-bond acceptors (Lipinski definition) is 7. The normalized spacial score (nSPS) is 16.4. The van der Waals surface area contributed by atoms with Gasteiger partial charge >= 0.3 is 11.7 Å². The molecule has 2 aliphatic rings. The summed E-state index contributed by atoms with van der Waals surface area (Å²) in [4.78, 5) is 43.5. The molecule has 3 aromatic rings. The van der Waals surface area contributed by atoms with Crippen LogP contribution in [0.15, 0.2) is 58.1 Å². The zero-order valence-electron chi connectivity index (χ0n) is 24.0. The van der Waals surface area contributed by atoms with E-state index in [4.69, 9.17) is 0 Å². The van der Waals surface area contributed by atoms with Crippen LogP contribution < -0.4 is 21.0 Å². The minimum atomic E-state index is -1.82. The Kier molecular flexibility index (Phi) is 8.58. The highest BCUT2D eigenvalue weighted by molar-refractivity contribution is 5.78. The van der Waals surface area contributed by atoms with E-state index in [1.807, 2.05) is 12.1 Å². The number of aryl methyl sites for hydroxylation is 2. The second-order valence-electron chi connectivity index (χ2n) is 10.8. The highest BCUT2D eigenvalue weighted by Gasteiger charge is 2.26. The molecule has 0 aliphatic carbocycles. The van der Waals surface area contributed by atoms with Gasteiger partial charge in [0, 0.05) is 57.7 Å². The zero-order valence-corrected chi connectivity index (χ0v) is 24.0. The molecule has 2 aromatic carbocycles. The van der Waals surface area contributed by atoms with Gasteiger partial charge in [-0.1, -0.05) is 30.3 Å². The molecule has 1 atom stereocenters. The van der Waals surface area contributed by atoms with Crippen LogP contribution in [0.25, 0.3) is 0 Å². The van der Waals surface area contributed by atoms with Crippen LogP contribution in [-0.4, -0.2) is 66.4 Å². The molecule has 1 saturated heterocycles. The molecule has 41 heavy (non-hydrogen) atoms. The number of hydrogen-bond donors (Lipinski definition) is 0. The molecule has 0 spiro atoms. The summed E-state index contributed by atoms with van der Waals surface area (Å²) in [6.07, 6.45) is 1.72. The largest absolute Gasteiger partial charge is 0.467 e. The topological polar surface area (TPSA) is 80.0 Å². The van der Waals surface area contributed by atoms with Gasteiger partial charge in [-0.05, 0) is 67.6 Å². The van der Waals surface area contributed by atoms with Crippen molar-refractivity contribution in [2.45, 2.75) is 31.9 Å². The number of alkyl halides is 1. The lowest BCUT2D eigenvalue weighted by atomic mass is 10.0. The van der Waals surface area contributed by atoms with E-state index in [1.54, 1.807) is 29.8 Å². The number of rotatable bonds is 7. The van der Waals surface area contributed by atoms with E-state index < -0.39 is 12.1 Å². The monoisotopic (exact) mass is 563 g/mol. The molecule has 0 saturated carbocycles. The van der Waals surface area contributed by atoms with Gasteiger partial charge in [-0.2, -0.15) is 0 Å². The van der Waals surface area contributed by atoms with E-state index in [2.05, 4.69) is 37.6 Å². The Bertz CT molecular complexity index is 1530. The molecule has 9 nitrogen and oxygen atoms in total. The average Bonchev–Trinajstić information content (AvgIpc) is 3.32. The van der Waals surface area contributed by atoms with Crippen LogP contribution in [-0.2, 0) is 36.5 Å². The summed E-state index contributed by atoms with van der Waals surface area (Å²) in [6, 6.07) is 15.3. The molecule has 5 rings (SSSR count). The molecule has 1 unspecified atom stereocenters. The fourth-order valence-electron chi connectivity index (χ4n) is 5.97. The van der Waals surface area contributed by atoms with E-state index in [9.17, 15) is 18.8 Å². The van der Waals surface area contributed by atoms with Crippen LogP contribution >= 0.6 is 0 Å². The molecule has 0 amide bonds. The van der Waals surface area contributed by atoms with Crippen molar-refractivity contribution in [2.75, 3.05) is 56.2 Å². The maximum atomic E-state index is 14.9. The molecule has 2 aliphatic heterocycles. The number of benzene rings is 2. The Balaban J connectivity index is 1.31. The Morgan fingerprint density at radius 3 is 2.44 bits per heavy atom. The fraction of sp³-hybridized carbons (Fsp3) is 0.452. The quantitative estimate of drug-likeness (QED) is 0.409. The van der Waals surface area contributed by atoms with Crippen molar-refractivity contribution in [3.05, 3.63) is 86.1 Å². The number of ether oxygens (including phenoxy) is 1. The van der Waals surface area contributed by atoms with Crippen molar-refractivity contribution in [1.29, 1.82) is 0 Å². The van der Waals surface area contributed by atoms with Crippen molar-refractivity contribution >= 4 is 23.2 Å². The number of anilines is 3. The SMILES string of the molecule is COC(=O)C(F)c1ccc2c(c1)N(CCCN1CCCN(c3cc(=O)n(C)c(=O)n3C)CC1)c1ccccc1CC2. The molecule has 3 heterocycles. The van der Waals surface area contributed by atoms with Gasteiger partial charge in [0.15, 0.2) is 0 Å². The second kappa shape index (κ2) is 12.3. The molecular weight excluding hydrogens is 525 g/mol. The summed E-state index contributed by atoms with van der Waals surface area (Å²) in [6.45, 7) is 4.87. The minimum Gasteiger partial charge on any atom is -0.467 e. The van der Waals surface area contributed by atoms with Gasteiger partial charge in [-0.15, -0.1) is 0 Å². The number of aromatic nitrogens is 2. The lowest BCUT2D eigenvalue weighted by molar-refractivity contribution is -0.146. The molecule has 0 bridgehead atoms. The number of carbonyl (C=O) groups excluding carboxylic acids is 1. The summed E-state index contributed by atoms with van der Waals surface area (Å²) in [5.41, 5.74) is 4.12. The van der Waals surface area contributed by atoms with Gasteiger partial charge in [0.1, 0.15) is 5.82 Å². The van der Waals surface area contributed by atoms with Crippen molar-refractivity contribution in [2.24, 2.45) is 14.1 Å².